The lowest BCUT2D eigenvalue weighted by atomic mass is 10.00. The van der Waals surface area contributed by atoms with Gasteiger partial charge in [-0.25, -0.2) is 4.98 Å². The Morgan fingerprint density at radius 1 is 1.27 bits per heavy atom. The number of piperidine rings is 1. The third kappa shape index (κ3) is 4.90. The minimum Gasteiger partial charge on any atom is -0.480 e. The third-order valence-electron chi connectivity index (χ3n) is 6.30. The van der Waals surface area contributed by atoms with Gasteiger partial charge in [0.25, 0.3) is 5.91 Å². The zero-order valence-electron chi connectivity index (χ0n) is 18.3. The van der Waals surface area contributed by atoms with E-state index in [2.05, 4.69) is 25.5 Å². The number of fused-ring (bicyclic) bond motifs is 2. The quantitative estimate of drug-likeness (QED) is 0.416. The van der Waals surface area contributed by atoms with E-state index in [1.165, 1.54) is 5.56 Å². The van der Waals surface area contributed by atoms with E-state index in [9.17, 15) is 9.90 Å². The van der Waals surface area contributed by atoms with E-state index in [0.29, 0.717) is 24.7 Å². The van der Waals surface area contributed by atoms with Crippen LogP contribution in [0.1, 0.15) is 17.7 Å². The number of ether oxygens (including phenoxy) is 1. The molecule has 3 aromatic rings. The molecule has 9 heteroatoms. The predicted octanol–water partition coefficient (Wildman–Crippen LogP) is 1.31. The van der Waals surface area contributed by atoms with Crippen molar-refractivity contribution in [1.82, 2.24) is 20.2 Å². The van der Waals surface area contributed by atoms with Crippen molar-refractivity contribution in [2.24, 2.45) is 0 Å². The van der Waals surface area contributed by atoms with Crippen LogP contribution in [0.5, 0.6) is 5.75 Å². The van der Waals surface area contributed by atoms with Crippen LogP contribution in [0.4, 0.5) is 11.5 Å². The molecule has 1 saturated heterocycles. The number of benzene rings is 1. The number of β-amino-alcohol motifs (C(OH)–C–C–N with tert-alkyl or cyclic N) is 1. The molecule has 1 fully saturated rings. The van der Waals surface area contributed by atoms with Crippen LogP contribution in [0.3, 0.4) is 0 Å². The Balaban J connectivity index is 1.14. The number of carbonyl (C=O) groups is 1. The van der Waals surface area contributed by atoms with Crippen LogP contribution in [0.2, 0.25) is 0 Å². The fourth-order valence-corrected chi connectivity index (χ4v) is 4.49. The first-order valence-corrected chi connectivity index (χ1v) is 11.2. The lowest BCUT2D eigenvalue weighted by Crippen LogP contribution is -2.52. The Kier molecular flexibility index (Phi) is 6.08. The maximum Gasteiger partial charge on any atom is 0.263 e. The zero-order chi connectivity index (χ0) is 22.8. The summed E-state index contributed by atoms with van der Waals surface area (Å²) in [6.07, 6.45) is 3.09. The first-order chi connectivity index (χ1) is 16.0. The van der Waals surface area contributed by atoms with Crippen LogP contribution in [-0.2, 0) is 17.8 Å². The van der Waals surface area contributed by atoms with E-state index in [0.717, 1.165) is 48.2 Å². The van der Waals surface area contributed by atoms with Crippen molar-refractivity contribution < 1.29 is 14.6 Å². The minimum atomic E-state index is -0.468. The first-order valence-electron chi connectivity index (χ1n) is 11.2. The number of pyridine rings is 2. The number of hydrogen-bond acceptors (Lipinski definition) is 8. The summed E-state index contributed by atoms with van der Waals surface area (Å²) < 4.78 is 5.35. The number of nitrogens with zero attached hydrogens (tertiary/aromatic N) is 3. The number of aromatic nitrogens is 2. The molecule has 0 aliphatic carbocycles. The standard InChI is InChI=1S/C24H28N6O3/c25-16-1-3-19-18(11-16)15(5-8-26-19)6-9-30-10-7-20(21(31)13-30)27-12-17-2-4-22-24(28-17)29-23(32)14-33-22/h1-5,8,11,20-21,27,31H,6-7,9-10,12-14,25H2,(H,28,29,32)/t20-,21+/m0/s1. The van der Waals surface area contributed by atoms with Gasteiger partial charge >= 0.3 is 0 Å². The molecule has 5 rings (SSSR count). The zero-order valence-corrected chi connectivity index (χ0v) is 18.3. The van der Waals surface area contributed by atoms with Crippen molar-refractivity contribution in [3.8, 4) is 5.75 Å². The second-order valence-corrected chi connectivity index (χ2v) is 8.63. The molecule has 2 atom stereocenters. The summed E-state index contributed by atoms with van der Waals surface area (Å²) in [6.45, 7) is 2.91. The highest BCUT2D eigenvalue weighted by Gasteiger charge is 2.27. The summed E-state index contributed by atoms with van der Waals surface area (Å²) in [5, 5.41) is 18.0. The van der Waals surface area contributed by atoms with Gasteiger partial charge in [0.05, 0.1) is 17.3 Å². The molecule has 0 spiro atoms. The second kappa shape index (κ2) is 9.30. The number of aliphatic hydroxyl groups is 1. The van der Waals surface area contributed by atoms with E-state index < -0.39 is 6.10 Å². The predicted molar refractivity (Wildman–Crippen MR) is 126 cm³/mol. The molecule has 0 radical (unpaired) electrons. The van der Waals surface area contributed by atoms with Gasteiger partial charge in [0.2, 0.25) is 0 Å². The summed E-state index contributed by atoms with van der Waals surface area (Å²) >= 11 is 0. The maximum atomic E-state index is 11.5. The molecule has 0 saturated carbocycles. The number of nitrogens with two attached hydrogens (primary N) is 1. The number of hydrogen-bond donors (Lipinski definition) is 4. The Morgan fingerprint density at radius 3 is 3.06 bits per heavy atom. The molecule has 0 bridgehead atoms. The number of carbonyl (C=O) groups excluding carboxylic acids is 1. The van der Waals surface area contributed by atoms with Gasteiger partial charge in [0.15, 0.2) is 18.2 Å². The van der Waals surface area contributed by atoms with Crippen LogP contribution in [0.25, 0.3) is 10.9 Å². The van der Waals surface area contributed by atoms with Crippen molar-refractivity contribution in [2.75, 3.05) is 37.3 Å². The topological polar surface area (TPSA) is 126 Å². The summed E-state index contributed by atoms with van der Waals surface area (Å²) in [7, 11) is 0. The average Bonchev–Trinajstić information content (AvgIpc) is 2.82. The lowest BCUT2D eigenvalue weighted by molar-refractivity contribution is -0.118. The summed E-state index contributed by atoms with van der Waals surface area (Å²) in [4.78, 5) is 22.7. The summed E-state index contributed by atoms with van der Waals surface area (Å²) in [5.74, 6) is 0.828. The molecule has 33 heavy (non-hydrogen) atoms. The van der Waals surface area contributed by atoms with Crippen LogP contribution in [0.15, 0.2) is 42.6 Å². The monoisotopic (exact) mass is 448 g/mol. The fraction of sp³-hybridized carbons (Fsp3) is 0.375. The fourth-order valence-electron chi connectivity index (χ4n) is 4.49. The Morgan fingerprint density at radius 2 is 2.18 bits per heavy atom. The molecule has 9 nitrogen and oxygen atoms in total. The SMILES string of the molecule is Nc1ccc2nccc(CCN3CC[C@H](NCc4ccc5c(n4)NC(=O)CO5)[C@H](O)C3)c2c1. The molecule has 4 heterocycles. The van der Waals surface area contributed by atoms with E-state index in [-0.39, 0.29) is 18.6 Å². The van der Waals surface area contributed by atoms with Gasteiger partial charge in [0.1, 0.15) is 0 Å². The molecule has 2 aromatic heterocycles. The Bertz CT molecular complexity index is 1170. The summed E-state index contributed by atoms with van der Waals surface area (Å²) in [6, 6.07) is 11.5. The number of nitrogen functional groups attached to an aromatic ring is 1. The first kappa shape index (κ1) is 21.6. The van der Waals surface area contributed by atoms with Crippen molar-refractivity contribution >= 4 is 28.3 Å². The Hall–Kier alpha value is -3.27. The normalized spacial score (nSPS) is 20.8. The van der Waals surface area contributed by atoms with Crippen molar-refractivity contribution in [3.63, 3.8) is 0 Å². The maximum absolute atomic E-state index is 11.5. The van der Waals surface area contributed by atoms with Crippen LogP contribution < -0.4 is 21.1 Å². The molecular weight excluding hydrogens is 420 g/mol. The van der Waals surface area contributed by atoms with Gasteiger partial charge in [-0.2, -0.15) is 0 Å². The van der Waals surface area contributed by atoms with Gasteiger partial charge in [-0.1, -0.05) is 0 Å². The highest BCUT2D eigenvalue weighted by atomic mass is 16.5. The summed E-state index contributed by atoms with van der Waals surface area (Å²) in [5.41, 5.74) is 9.67. The van der Waals surface area contributed by atoms with Crippen LogP contribution in [0, 0.1) is 0 Å². The van der Waals surface area contributed by atoms with E-state index in [1.54, 1.807) is 0 Å². The number of aliphatic hydroxyl groups excluding tert-OH is 1. The molecule has 2 aliphatic rings. The highest BCUT2D eigenvalue weighted by Crippen LogP contribution is 2.25. The number of rotatable bonds is 6. The van der Waals surface area contributed by atoms with Crippen molar-refractivity contribution in [3.05, 3.63) is 53.9 Å². The average molecular weight is 449 g/mol. The second-order valence-electron chi connectivity index (χ2n) is 8.63. The van der Waals surface area contributed by atoms with Crippen LogP contribution in [-0.4, -0.2) is 64.3 Å². The third-order valence-corrected chi connectivity index (χ3v) is 6.30. The molecule has 0 unspecified atom stereocenters. The smallest absolute Gasteiger partial charge is 0.263 e. The number of anilines is 2. The van der Waals surface area contributed by atoms with Gasteiger partial charge in [0, 0.05) is 42.9 Å². The largest absolute Gasteiger partial charge is 0.480 e. The molecule has 1 amide bonds. The molecular formula is C24H28N6O3. The number of nitrogens with one attached hydrogen (secondary N) is 2. The molecule has 5 N–H and O–H groups in total. The highest BCUT2D eigenvalue weighted by molar-refractivity contribution is 5.94. The minimum absolute atomic E-state index is 0.00789. The van der Waals surface area contributed by atoms with Crippen LogP contribution >= 0.6 is 0 Å². The van der Waals surface area contributed by atoms with E-state index >= 15 is 0 Å². The number of amides is 1. The Labute approximate surface area is 192 Å². The van der Waals surface area contributed by atoms with Gasteiger partial charge in [-0.3, -0.25) is 9.78 Å². The van der Waals surface area contributed by atoms with Gasteiger partial charge < -0.3 is 31.1 Å². The van der Waals surface area contributed by atoms with Gasteiger partial charge in [-0.15, -0.1) is 0 Å². The van der Waals surface area contributed by atoms with Crippen molar-refractivity contribution in [1.29, 1.82) is 0 Å². The van der Waals surface area contributed by atoms with E-state index in [1.807, 2.05) is 42.6 Å². The molecule has 172 valence electrons. The van der Waals surface area contributed by atoms with Gasteiger partial charge in [-0.05, 0) is 61.3 Å². The lowest BCUT2D eigenvalue weighted by Gasteiger charge is -2.36. The number of likely N-dealkylation sites (tertiary alicyclic amines) is 1. The van der Waals surface area contributed by atoms with Crippen molar-refractivity contribution in [2.45, 2.75) is 31.5 Å². The molecule has 2 aliphatic heterocycles. The molecule has 1 aromatic carbocycles. The van der Waals surface area contributed by atoms with E-state index in [4.69, 9.17) is 10.5 Å².